The van der Waals surface area contributed by atoms with Crippen LogP contribution in [0.1, 0.15) is 32.1 Å². The Labute approximate surface area is 113 Å². The topological polar surface area (TPSA) is 97.1 Å². The maximum absolute atomic E-state index is 12.1. The van der Waals surface area contributed by atoms with Crippen molar-refractivity contribution in [2.45, 2.75) is 37.0 Å². The second-order valence-electron chi connectivity index (χ2n) is 4.83. The molecule has 0 radical (unpaired) electrons. The Bertz CT molecular complexity index is 512. The average molecular weight is 284 g/mol. The standard InChI is InChI=1S/C12H20N4O2S/c13-16-12-11(6-3-8-14-12)19(17,18)15-9-7-10-4-1-2-5-10/h3,6,8,10,15H,1-2,4-5,7,9,13H2,(H,14,16). The number of pyridine rings is 1. The van der Waals surface area contributed by atoms with Crippen molar-refractivity contribution in [3.8, 4) is 0 Å². The zero-order valence-corrected chi connectivity index (χ0v) is 11.6. The van der Waals surface area contributed by atoms with Crippen LogP contribution in [0.25, 0.3) is 0 Å². The minimum atomic E-state index is -3.55. The second kappa shape index (κ2) is 6.31. The Morgan fingerprint density at radius 1 is 1.37 bits per heavy atom. The molecule has 1 heterocycles. The second-order valence-corrected chi connectivity index (χ2v) is 6.57. The normalized spacial score (nSPS) is 16.7. The number of nitrogens with zero attached hydrogens (tertiary/aromatic N) is 1. The van der Waals surface area contributed by atoms with Crippen LogP contribution in [0.4, 0.5) is 5.82 Å². The summed E-state index contributed by atoms with van der Waals surface area (Å²) in [7, 11) is -3.55. The molecule has 0 atom stereocenters. The third-order valence-electron chi connectivity index (χ3n) is 3.52. The Balaban J connectivity index is 1.97. The molecule has 1 aliphatic rings. The van der Waals surface area contributed by atoms with Crippen molar-refractivity contribution in [3.05, 3.63) is 18.3 Å². The van der Waals surface area contributed by atoms with E-state index < -0.39 is 10.0 Å². The van der Waals surface area contributed by atoms with Gasteiger partial charge >= 0.3 is 0 Å². The summed E-state index contributed by atoms with van der Waals surface area (Å²) in [5, 5.41) is 0. The summed E-state index contributed by atoms with van der Waals surface area (Å²) in [5.41, 5.74) is 2.30. The molecule has 0 saturated heterocycles. The van der Waals surface area contributed by atoms with E-state index in [2.05, 4.69) is 15.1 Å². The van der Waals surface area contributed by atoms with Gasteiger partial charge in [0.2, 0.25) is 10.0 Å². The highest BCUT2D eigenvalue weighted by molar-refractivity contribution is 7.89. The maximum Gasteiger partial charge on any atom is 0.244 e. The van der Waals surface area contributed by atoms with Crippen molar-refractivity contribution in [1.82, 2.24) is 9.71 Å². The molecule has 19 heavy (non-hydrogen) atoms. The molecule has 6 nitrogen and oxygen atoms in total. The highest BCUT2D eigenvalue weighted by Gasteiger charge is 2.20. The molecule has 2 rings (SSSR count). The lowest BCUT2D eigenvalue weighted by atomic mass is 10.1. The minimum Gasteiger partial charge on any atom is -0.307 e. The fourth-order valence-corrected chi connectivity index (χ4v) is 3.66. The van der Waals surface area contributed by atoms with E-state index in [1.165, 1.54) is 37.9 Å². The van der Waals surface area contributed by atoms with Crippen LogP contribution < -0.4 is 16.0 Å². The van der Waals surface area contributed by atoms with Crippen LogP contribution in [0.5, 0.6) is 0 Å². The number of sulfonamides is 1. The molecule has 4 N–H and O–H groups in total. The fourth-order valence-electron chi connectivity index (χ4n) is 2.49. The number of anilines is 1. The number of nitrogen functional groups attached to an aromatic ring is 1. The molecule has 106 valence electrons. The van der Waals surface area contributed by atoms with Crippen molar-refractivity contribution in [1.29, 1.82) is 0 Å². The van der Waals surface area contributed by atoms with E-state index in [9.17, 15) is 8.42 Å². The number of nitrogens with one attached hydrogen (secondary N) is 2. The van der Waals surface area contributed by atoms with Crippen molar-refractivity contribution >= 4 is 15.8 Å². The first kappa shape index (κ1) is 14.2. The fraction of sp³-hybridized carbons (Fsp3) is 0.583. The van der Waals surface area contributed by atoms with Gasteiger partial charge in [0.15, 0.2) is 5.82 Å². The van der Waals surface area contributed by atoms with E-state index >= 15 is 0 Å². The highest BCUT2D eigenvalue weighted by Crippen LogP contribution is 2.27. The Kier molecular flexibility index (Phi) is 4.73. The van der Waals surface area contributed by atoms with Gasteiger partial charge in [-0.3, -0.25) is 0 Å². The third kappa shape index (κ3) is 3.65. The average Bonchev–Trinajstić information content (AvgIpc) is 2.91. The van der Waals surface area contributed by atoms with Gasteiger partial charge in [0, 0.05) is 12.7 Å². The molecule has 0 spiro atoms. The van der Waals surface area contributed by atoms with Crippen LogP contribution in [0, 0.1) is 5.92 Å². The van der Waals surface area contributed by atoms with Crippen molar-refractivity contribution in [2.75, 3.05) is 12.0 Å². The lowest BCUT2D eigenvalue weighted by molar-refractivity contribution is 0.495. The van der Waals surface area contributed by atoms with Crippen LogP contribution >= 0.6 is 0 Å². The molecule has 1 aromatic heterocycles. The molecule has 0 bridgehead atoms. The van der Waals surface area contributed by atoms with Gasteiger partial charge in [-0.05, 0) is 24.5 Å². The minimum absolute atomic E-state index is 0.0870. The number of aromatic nitrogens is 1. The summed E-state index contributed by atoms with van der Waals surface area (Å²) in [6.07, 6.45) is 7.34. The Hall–Kier alpha value is -1.18. The molecular formula is C12H20N4O2S. The van der Waals surface area contributed by atoms with E-state index in [4.69, 9.17) is 5.84 Å². The first-order chi connectivity index (χ1) is 9.13. The molecule has 0 unspecified atom stereocenters. The Morgan fingerprint density at radius 2 is 2.11 bits per heavy atom. The summed E-state index contributed by atoms with van der Waals surface area (Å²) >= 11 is 0. The van der Waals surface area contributed by atoms with Gasteiger partial charge < -0.3 is 5.43 Å². The van der Waals surface area contributed by atoms with Crippen LogP contribution in [0.2, 0.25) is 0 Å². The predicted molar refractivity (Wildman–Crippen MR) is 73.8 cm³/mol. The summed E-state index contributed by atoms with van der Waals surface area (Å²) in [4.78, 5) is 3.98. The van der Waals surface area contributed by atoms with E-state index in [1.807, 2.05) is 0 Å². The van der Waals surface area contributed by atoms with Crippen molar-refractivity contribution < 1.29 is 8.42 Å². The quantitative estimate of drug-likeness (QED) is 0.539. The maximum atomic E-state index is 12.1. The number of rotatable bonds is 6. The summed E-state index contributed by atoms with van der Waals surface area (Å²) in [6, 6.07) is 3.06. The van der Waals surface area contributed by atoms with Crippen LogP contribution in [-0.2, 0) is 10.0 Å². The summed E-state index contributed by atoms with van der Waals surface area (Å²) in [6.45, 7) is 0.464. The molecule has 0 amide bonds. The smallest absolute Gasteiger partial charge is 0.244 e. The molecule has 1 aliphatic carbocycles. The number of hydrogen-bond donors (Lipinski definition) is 3. The SMILES string of the molecule is NNc1ncccc1S(=O)(=O)NCCC1CCCC1. The van der Waals surface area contributed by atoms with E-state index in [1.54, 1.807) is 6.07 Å². The lowest BCUT2D eigenvalue weighted by Crippen LogP contribution is -2.27. The van der Waals surface area contributed by atoms with E-state index in [-0.39, 0.29) is 10.7 Å². The lowest BCUT2D eigenvalue weighted by Gasteiger charge is -2.12. The van der Waals surface area contributed by atoms with Gasteiger partial charge in [-0.2, -0.15) is 0 Å². The van der Waals surface area contributed by atoms with Gasteiger partial charge in [-0.1, -0.05) is 25.7 Å². The molecule has 7 heteroatoms. The molecule has 1 aromatic rings. The molecule has 1 saturated carbocycles. The van der Waals surface area contributed by atoms with Gasteiger partial charge in [0.1, 0.15) is 4.90 Å². The van der Waals surface area contributed by atoms with Gasteiger partial charge in [-0.25, -0.2) is 24.0 Å². The third-order valence-corrected chi connectivity index (χ3v) is 5.01. The summed E-state index contributed by atoms with van der Waals surface area (Å²) in [5.74, 6) is 6.09. The molecular weight excluding hydrogens is 264 g/mol. The van der Waals surface area contributed by atoms with Gasteiger partial charge in [0.25, 0.3) is 0 Å². The zero-order valence-electron chi connectivity index (χ0n) is 10.8. The molecule has 0 aliphatic heterocycles. The highest BCUT2D eigenvalue weighted by atomic mass is 32.2. The predicted octanol–water partition coefficient (Wildman–Crippen LogP) is 1.23. The van der Waals surface area contributed by atoms with Crippen LogP contribution in [0.15, 0.2) is 23.2 Å². The first-order valence-corrected chi connectivity index (χ1v) is 8.03. The monoisotopic (exact) mass is 284 g/mol. The number of nitrogens with two attached hydrogens (primary N) is 1. The van der Waals surface area contributed by atoms with Crippen molar-refractivity contribution in [3.63, 3.8) is 0 Å². The van der Waals surface area contributed by atoms with Crippen LogP contribution in [-0.4, -0.2) is 19.9 Å². The zero-order chi connectivity index (χ0) is 13.7. The largest absolute Gasteiger partial charge is 0.307 e. The van der Waals surface area contributed by atoms with Crippen molar-refractivity contribution in [2.24, 2.45) is 11.8 Å². The van der Waals surface area contributed by atoms with Gasteiger partial charge in [-0.15, -0.1) is 0 Å². The van der Waals surface area contributed by atoms with E-state index in [0.717, 1.165) is 6.42 Å². The first-order valence-electron chi connectivity index (χ1n) is 6.55. The van der Waals surface area contributed by atoms with Crippen LogP contribution in [0.3, 0.4) is 0 Å². The molecule has 0 aromatic carbocycles. The van der Waals surface area contributed by atoms with Gasteiger partial charge in [0.05, 0.1) is 0 Å². The number of hydrazine groups is 1. The van der Waals surface area contributed by atoms with E-state index in [0.29, 0.717) is 12.5 Å². The summed E-state index contributed by atoms with van der Waals surface area (Å²) < 4.78 is 26.9. The number of hydrogen-bond acceptors (Lipinski definition) is 5. The Morgan fingerprint density at radius 3 is 2.79 bits per heavy atom. The molecule has 1 fully saturated rings.